The number of nitrogens with one attached hydrogen (secondary N) is 2. The molecule has 0 aliphatic carbocycles. The van der Waals surface area contributed by atoms with Crippen LogP contribution in [0.4, 0.5) is 5.69 Å². The second-order valence-electron chi connectivity index (χ2n) is 6.04. The molecular weight excluding hydrogens is 362 g/mol. The first kappa shape index (κ1) is 19.0. The molecule has 144 valence electrons. The zero-order chi connectivity index (χ0) is 20.1. The van der Waals surface area contributed by atoms with Crippen LogP contribution in [0.3, 0.4) is 0 Å². The topological polar surface area (TPSA) is 126 Å². The fraction of sp³-hybridized carbons (Fsp3) is 0.211. The minimum atomic E-state index is -0.978. The van der Waals surface area contributed by atoms with Gasteiger partial charge in [-0.1, -0.05) is 5.21 Å². The van der Waals surface area contributed by atoms with Crippen molar-refractivity contribution in [2.45, 2.75) is 19.9 Å². The molecule has 1 aromatic heterocycles. The van der Waals surface area contributed by atoms with Crippen molar-refractivity contribution in [2.24, 2.45) is 0 Å². The van der Waals surface area contributed by atoms with Gasteiger partial charge < -0.3 is 15.7 Å². The van der Waals surface area contributed by atoms with Crippen molar-refractivity contribution in [1.82, 2.24) is 20.3 Å². The van der Waals surface area contributed by atoms with Gasteiger partial charge in [-0.2, -0.15) is 0 Å². The zero-order valence-corrected chi connectivity index (χ0v) is 15.2. The molecule has 0 unspecified atom stereocenters. The fourth-order valence-electron chi connectivity index (χ4n) is 2.64. The van der Waals surface area contributed by atoms with E-state index in [1.807, 2.05) is 6.92 Å². The number of aliphatic carboxylic acids is 1. The molecule has 0 fully saturated rings. The van der Waals surface area contributed by atoms with Crippen molar-refractivity contribution in [2.75, 3.05) is 11.9 Å². The summed E-state index contributed by atoms with van der Waals surface area (Å²) in [4.78, 5) is 34.9. The van der Waals surface area contributed by atoms with Gasteiger partial charge in [-0.25, -0.2) is 4.68 Å². The highest BCUT2D eigenvalue weighted by atomic mass is 16.4. The van der Waals surface area contributed by atoms with Crippen molar-refractivity contribution in [3.8, 4) is 0 Å². The number of carboxylic acids is 1. The molecule has 3 aromatic rings. The fourth-order valence-corrected chi connectivity index (χ4v) is 2.64. The summed E-state index contributed by atoms with van der Waals surface area (Å²) in [5.41, 5.74) is 2.86. The Morgan fingerprint density at radius 2 is 1.75 bits per heavy atom. The van der Waals surface area contributed by atoms with Crippen molar-refractivity contribution in [3.05, 3.63) is 53.6 Å². The predicted octanol–water partition coefficient (Wildman–Crippen LogP) is 1.91. The van der Waals surface area contributed by atoms with E-state index in [0.717, 1.165) is 5.52 Å². The van der Waals surface area contributed by atoms with Crippen LogP contribution in [0.2, 0.25) is 0 Å². The lowest BCUT2D eigenvalue weighted by atomic mass is 10.1. The molecule has 1 heterocycles. The zero-order valence-electron chi connectivity index (χ0n) is 15.2. The Morgan fingerprint density at radius 3 is 2.43 bits per heavy atom. The van der Waals surface area contributed by atoms with Crippen LogP contribution >= 0.6 is 0 Å². The number of hydrogen-bond acceptors (Lipinski definition) is 5. The summed E-state index contributed by atoms with van der Waals surface area (Å²) < 4.78 is 1.75. The summed E-state index contributed by atoms with van der Waals surface area (Å²) in [7, 11) is 0. The van der Waals surface area contributed by atoms with Crippen LogP contribution in [0.5, 0.6) is 0 Å². The van der Waals surface area contributed by atoms with Gasteiger partial charge in [-0.05, 0) is 49.4 Å². The molecule has 0 aliphatic heterocycles. The quantitative estimate of drug-likeness (QED) is 0.574. The van der Waals surface area contributed by atoms with E-state index in [2.05, 4.69) is 20.9 Å². The molecule has 0 saturated heterocycles. The number of benzene rings is 2. The minimum absolute atomic E-state index is 0.0534. The van der Waals surface area contributed by atoms with Crippen LogP contribution in [0.25, 0.3) is 11.0 Å². The average molecular weight is 381 g/mol. The molecule has 3 rings (SSSR count). The first-order valence-electron chi connectivity index (χ1n) is 8.72. The van der Waals surface area contributed by atoms with E-state index in [1.54, 1.807) is 47.1 Å². The SMILES string of the molecule is CCn1nnc2cc(C(=O)Nc3ccc(C(=O)NCCC(=O)O)cc3)ccc21. The molecule has 2 aromatic carbocycles. The number of carbonyl (C=O) groups is 3. The van der Waals surface area contributed by atoms with E-state index < -0.39 is 5.97 Å². The summed E-state index contributed by atoms with van der Waals surface area (Å²) in [6.45, 7) is 2.71. The van der Waals surface area contributed by atoms with Crippen LogP contribution in [0, 0.1) is 0 Å². The Balaban J connectivity index is 1.64. The number of rotatable bonds is 7. The largest absolute Gasteiger partial charge is 0.481 e. The minimum Gasteiger partial charge on any atom is -0.481 e. The van der Waals surface area contributed by atoms with Crippen LogP contribution in [-0.4, -0.2) is 44.4 Å². The van der Waals surface area contributed by atoms with Gasteiger partial charge in [0.05, 0.1) is 11.9 Å². The number of anilines is 1. The third-order valence-electron chi connectivity index (χ3n) is 4.11. The molecule has 9 nitrogen and oxygen atoms in total. The van der Waals surface area contributed by atoms with Crippen molar-refractivity contribution in [1.29, 1.82) is 0 Å². The lowest BCUT2D eigenvalue weighted by molar-refractivity contribution is -0.136. The number of amides is 2. The molecule has 0 atom stereocenters. The second kappa shape index (κ2) is 8.30. The Bertz CT molecular complexity index is 1030. The highest BCUT2D eigenvalue weighted by Crippen LogP contribution is 2.16. The van der Waals surface area contributed by atoms with Gasteiger partial charge in [-0.15, -0.1) is 5.10 Å². The van der Waals surface area contributed by atoms with Crippen LogP contribution in [0.15, 0.2) is 42.5 Å². The molecule has 0 saturated carbocycles. The summed E-state index contributed by atoms with van der Waals surface area (Å²) in [6, 6.07) is 11.5. The molecule has 28 heavy (non-hydrogen) atoms. The lowest BCUT2D eigenvalue weighted by Gasteiger charge is -2.07. The Morgan fingerprint density at radius 1 is 1.04 bits per heavy atom. The van der Waals surface area contributed by atoms with E-state index >= 15 is 0 Å². The van der Waals surface area contributed by atoms with Crippen LogP contribution < -0.4 is 10.6 Å². The number of nitrogens with zero attached hydrogens (tertiary/aromatic N) is 3. The maximum atomic E-state index is 12.5. The first-order valence-corrected chi connectivity index (χ1v) is 8.72. The Labute approximate surface area is 160 Å². The van der Waals surface area contributed by atoms with Gasteiger partial charge in [0.25, 0.3) is 11.8 Å². The third kappa shape index (κ3) is 4.32. The van der Waals surface area contributed by atoms with Crippen molar-refractivity contribution >= 4 is 34.5 Å². The molecule has 9 heteroatoms. The van der Waals surface area contributed by atoms with Gasteiger partial charge >= 0.3 is 5.97 Å². The van der Waals surface area contributed by atoms with E-state index in [0.29, 0.717) is 28.9 Å². The van der Waals surface area contributed by atoms with E-state index in [1.165, 1.54) is 0 Å². The molecular formula is C19H19N5O4. The second-order valence-corrected chi connectivity index (χ2v) is 6.04. The number of carboxylic acid groups (broad SMARTS) is 1. The summed E-state index contributed by atoms with van der Waals surface area (Å²) in [5, 5.41) is 21.9. The Kier molecular flexibility index (Phi) is 5.64. The highest BCUT2D eigenvalue weighted by molar-refractivity contribution is 6.06. The van der Waals surface area contributed by atoms with Gasteiger partial charge in [0.1, 0.15) is 5.52 Å². The van der Waals surface area contributed by atoms with Crippen molar-refractivity contribution < 1.29 is 19.5 Å². The van der Waals surface area contributed by atoms with Crippen LogP contribution in [0.1, 0.15) is 34.1 Å². The molecule has 0 spiro atoms. The molecule has 2 amide bonds. The molecule has 0 bridgehead atoms. The van der Waals surface area contributed by atoms with E-state index in [9.17, 15) is 14.4 Å². The first-order chi connectivity index (χ1) is 13.5. The molecule has 0 radical (unpaired) electrons. The third-order valence-corrected chi connectivity index (χ3v) is 4.11. The maximum absolute atomic E-state index is 12.5. The van der Waals surface area contributed by atoms with Gasteiger partial charge in [-0.3, -0.25) is 14.4 Å². The summed E-state index contributed by atoms with van der Waals surface area (Å²) in [6.07, 6.45) is -0.143. The van der Waals surface area contributed by atoms with Gasteiger partial charge in [0.2, 0.25) is 0 Å². The number of carbonyl (C=O) groups excluding carboxylic acids is 2. The summed E-state index contributed by atoms with van der Waals surface area (Å²) >= 11 is 0. The lowest BCUT2D eigenvalue weighted by Crippen LogP contribution is -2.25. The highest BCUT2D eigenvalue weighted by Gasteiger charge is 2.11. The molecule has 3 N–H and O–H groups in total. The standard InChI is InChI=1S/C19H19N5O4/c1-2-24-16-8-5-13(11-15(16)22-23-24)19(28)21-14-6-3-12(4-7-14)18(27)20-10-9-17(25)26/h3-8,11H,2,9-10H2,1H3,(H,20,27)(H,21,28)(H,25,26). The Hall–Kier alpha value is -3.75. The summed E-state index contributed by atoms with van der Waals surface area (Å²) in [5.74, 6) is -1.65. The number of aromatic nitrogens is 3. The normalized spacial score (nSPS) is 10.6. The smallest absolute Gasteiger partial charge is 0.305 e. The predicted molar refractivity (Wildman–Crippen MR) is 102 cm³/mol. The monoisotopic (exact) mass is 381 g/mol. The van der Waals surface area contributed by atoms with E-state index in [4.69, 9.17) is 5.11 Å². The van der Waals surface area contributed by atoms with Gasteiger partial charge in [0, 0.05) is 29.9 Å². The van der Waals surface area contributed by atoms with Gasteiger partial charge in [0.15, 0.2) is 0 Å². The van der Waals surface area contributed by atoms with Crippen LogP contribution in [-0.2, 0) is 11.3 Å². The molecule has 0 aliphatic rings. The van der Waals surface area contributed by atoms with Crippen molar-refractivity contribution in [3.63, 3.8) is 0 Å². The number of aryl methyl sites for hydroxylation is 1. The average Bonchev–Trinajstić information content (AvgIpc) is 3.10. The number of fused-ring (bicyclic) bond motifs is 1. The van der Waals surface area contributed by atoms with E-state index in [-0.39, 0.29) is 24.8 Å². The maximum Gasteiger partial charge on any atom is 0.305 e. The number of hydrogen-bond donors (Lipinski definition) is 3.